The maximum Gasteiger partial charge on any atom is 0.343 e. The molecule has 3 aromatic carbocycles. The quantitative estimate of drug-likeness (QED) is 0.0690. The van der Waals surface area contributed by atoms with Gasteiger partial charge in [0.15, 0.2) is 11.6 Å². The Balaban J connectivity index is 1.47. The molecule has 0 radical (unpaired) electrons. The van der Waals surface area contributed by atoms with Gasteiger partial charge < -0.3 is 14.2 Å². The van der Waals surface area contributed by atoms with Crippen LogP contribution in [0.1, 0.15) is 81.1 Å². The van der Waals surface area contributed by atoms with Crippen molar-refractivity contribution in [2.45, 2.75) is 77.7 Å². The Hall–Kier alpha value is -3.44. The minimum Gasteiger partial charge on any atom is -0.488 e. The molecule has 1 atom stereocenters. The van der Waals surface area contributed by atoms with Crippen molar-refractivity contribution in [1.82, 2.24) is 0 Å². The largest absolute Gasteiger partial charge is 0.488 e. The predicted octanol–water partition coefficient (Wildman–Crippen LogP) is 9.36. The molecule has 3 rings (SSSR count). The molecule has 0 amide bonds. The Morgan fingerprint density at radius 2 is 1.60 bits per heavy atom. The Kier molecular flexibility index (Phi) is 13.4. The molecule has 0 bridgehead atoms. The topological polar surface area (TPSA) is 44.8 Å². The van der Waals surface area contributed by atoms with E-state index in [0.29, 0.717) is 12.4 Å². The standard InChI is InChI=1S/C35H43FO4/c1-4-6-7-9-12-27(3)39-34-23-20-31(26-33(34)36)35(37)40-32-21-18-30(19-22-32)29-16-14-28(15-17-29)13-10-8-11-25-38-24-5-2/h5,14-23,26-27H,2,4,6-13,24-25H2,1,3H3/t27-/m0/s1. The van der Waals surface area contributed by atoms with Crippen LogP contribution in [0, 0.1) is 5.82 Å². The van der Waals surface area contributed by atoms with Crippen molar-refractivity contribution in [1.29, 1.82) is 0 Å². The molecule has 0 saturated heterocycles. The summed E-state index contributed by atoms with van der Waals surface area (Å²) < 4.78 is 31.3. The van der Waals surface area contributed by atoms with Crippen LogP contribution in [0.15, 0.2) is 79.4 Å². The second kappa shape index (κ2) is 17.3. The third-order valence-corrected chi connectivity index (χ3v) is 6.80. The lowest BCUT2D eigenvalue weighted by Crippen LogP contribution is -2.13. The van der Waals surface area contributed by atoms with Gasteiger partial charge in [-0.25, -0.2) is 9.18 Å². The normalized spacial score (nSPS) is 11.7. The van der Waals surface area contributed by atoms with E-state index in [1.807, 2.05) is 19.1 Å². The first kappa shape index (κ1) is 31.1. The fourth-order valence-corrected chi connectivity index (χ4v) is 4.48. The van der Waals surface area contributed by atoms with Gasteiger partial charge in [0.2, 0.25) is 0 Å². The van der Waals surface area contributed by atoms with Crippen molar-refractivity contribution in [3.63, 3.8) is 0 Å². The molecule has 0 aliphatic heterocycles. The van der Waals surface area contributed by atoms with Gasteiger partial charge in [-0.3, -0.25) is 0 Å². The minimum atomic E-state index is -0.609. The van der Waals surface area contributed by atoms with E-state index in [-0.39, 0.29) is 17.4 Å². The number of rotatable bonds is 18. The molecular formula is C35H43FO4. The third kappa shape index (κ3) is 10.6. The fourth-order valence-electron chi connectivity index (χ4n) is 4.48. The summed E-state index contributed by atoms with van der Waals surface area (Å²) in [5.41, 5.74) is 3.58. The maximum absolute atomic E-state index is 14.6. The Morgan fingerprint density at radius 1 is 0.900 bits per heavy atom. The predicted molar refractivity (Wildman–Crippen MR) is 161 cm³/mol. The highest BCUT2D eigenvalue weighted by molar-refractivity contribution is 5.91. The molecule has 0 spiro atoms. The second-order valence-electron chi connectivity index (χ2n) is 10.2. The molecule has 0 fully saturated rings. The van der Waals surface area contributed by atoms with Crippen molar-refractivity contribution in [3.05, 3.63) is 96.3 Å². The number of ether oxygens (including phenoxy) is 3. The molecule has 5 heteroatoms. The Bertz CT molecular complexity index is 1170. The molecule has 0 aliphatic carbocycles. The first-order valence-corrected chi connectivity index (χ1v) is 14.6. The van der Waals surface area contributed by atoms with E-state index >= 15 is 0 Å². The van der Waals surface area contributed by atoms with Crippen LogP contribution in [0.4, 0.5) is 4.39 Å². The second-order valence-corrected chi connectivity index (χ2v) is 10.2. The van der Waals surface area contributed by atoms with E-state index < -0.39 is 11.8 Å². The van der Waals surface area contributed by atoms with Crippen LogP contribution in [0.2, 0.25) is 0 Å². The number of unbranched alkanes of at least 4 members (excludes halogenated alkanes) is 5. The van der Waals surface area contributed by atoms with E-state index in [4.69, 9.17) is 14.2 Å². The Morgan fingerprint density at radius 3 is 2.27 bits per heavy atom. The van der Waals surface area contributed by atoms with Gasteiger partial charge in [0, 0.05) is 6.61 Å². The average Bonchev–Trinajstić information content (AvgIpc) is 2.96. The highest BCUT2D eigenvalue weighted by atomic mass is 19.1. The number of esters is 1. The van der Waals surface area contributed by atoms with Crippen LogP contribution in [0.5, 0.6) is 11.5 Å². The van der Waals surface area contributed by atoms with E-state index in [0.717, 1.165) is 62.7 Å². The van der Waals surface area contributed by atoms with Gasteiger partial charge >= 0.3 is 5.97 Å². The zero-order chi connectivity index (χ0) is 28.6. The van der Waals surface area contributed by atoms with Crippen molar-refractivity contribution in [2.75, 3.05) is 13.2 Å². The summed E-state index contributed by atoms with van der Waals surface area (Å²) in [6.45, 7) is 9.17. The van der Waals surface area contributed by atoms with Crippen LogP contribution < -0.4 is 9.47 Å². The zero-order valence-corrected chi connectivity index (χ0v) is 24.0. The lowest BCUT2D eigenvalue weighted by atomic mass is 10.0. The summed E-state index contributed by atoms with van der Waals surface area (Å²) in [5, 5.41) is 0. The van der Waals surface area contributed by atoms with Crippen LogP contribution in [0.25, 0.3) is 11.1 Å². The fraction of sp³-hybridized carbons (Fsp3) is 0.400. The minimum absolute atomic E-state index is 0.0862. The van der Waals surface area contributed by atoms with Gasteiger partial charge in [-0.15, -0.1) is 6.58 Å². The molecule has 0 unspecified atom stereocenters. The van der Waals surface area contributed by atoms with Gasteiger partial charge in [-0.1, -0.05) is 75.1 Å². The third-order valence-electron chi connectivity index (χ3n) is 6.80. The molecule has 40 heavy (non-hydrogen) atoms. The molecule has 0 saturated carbocycles. The van der Waals surface area contributed by atoms with Gasteiger partial charge in [-0.05, 0) is 86.1 Å². The van der Waals surface area contributed by atoms with Crippen LogP contribution in [0.3, 0.4) is 0 Å². The highest BCUT2D eigenvalue weighted by Gasteiger charge is 2.15. The van der Waals surface area contributed by atoms with Crippen molar-refractivity contribution in [2.24, 2.45) is 0 Å². The Labute approximate surface area is 239 Å². The lowest BCUT2D eigenvalue weighted by Gasteiger charge is -2.15. The maximum atomic E-state index is 14.6. The number of carbonyl (C=O) groups is 1. The molecule has 0 heterocycles. The van der Waals surface area contributed by atoms with Crippen molar-refractivity contribution < 1.29 is 23.4 Å². The zero-order valence-electron chi connectivity index (χ0n) is 24.0. The number of hydrogen-bond acceptors (Lipinski definition) is 4. The van der Waals surface area contributed by atoms with Gasteiger partial charge in [0.1, 0.15) is 5.75 Å². The van der Waals surface area contributed by atoms with Crippen LogP contribution in [-0.2, 0) is 11.2 Å². The highest BCUT2D eigenvalue weighted by Crippen LogP contribution is 2.25. The number of benzene rings is 3. The number of hydrogen-bond donors (Lipinski definition) is 0. The smallest absolute Gasteiger partial charge is 0.343 e. The monoisotopic (exact) mass is 546 g/mol. The number of carbonyl (C=O) groups excluding carboxylic acids is 1. The van der Waals surface area contributed by atoms with E-state index in [1.165, 1.54) is 36.6 Å². The molecule has 0 aliphatic rings. The van der Waals surface area contributed by atoms with Crippen LogP contribution in [-0.4, -0.2) is 25.3 Å². The SMILES string of the molecule is C=CCOCCCCCc1ccc(-c2ccc(OC(=O)c3ccc(O[C@@H](C)CCCCCC)c(F)c3)cc2)cc1. The van der Waals surface area contributed by atoms with Gasteiger partial charge in [-0.2, -0.15) is 0 Å². The summed E-state index contributed by atoms with van der Waals surface area (Å²) >= 11 is 0. The van der Waals surface area contributed by atoms with E-state index in [2.05, 4.69) is 37.8 Å². The first-order valence-electron chi connectivity index (χ1n) is 14.6. The summed E-state index contributed by atoms with van der Waals surface area (Å²) in [5.74, 6) is -0.610. The number of halogens is 1. The summed E-state index contributed by atoms with van der Waals surface area (Å²) in [6.07, 6.45) is 11.5. The molecule has 4 nitrogen and oxygen atoms in total. The first-order chi connectivity index (χ1) is 19.5. The molecule has 0 aromatic heterocycles. The molecule has 214 valence electrons. The molecule has 3 aromatic rings. The van der Waals surface area contributed by atoms with Crippen LogP contribution >= 0.6 is 0 Å². The summed E-state index contributed by atoms with van der Waals surface area (Å²) in [4.78, 5) is 12.6. The van der Waals surface area contributed by atoms with E-state index in [1.54, 1.807) is 18.2 Å². The molecular weight excluding hydrogens is 503 g/mol. The number of aryl methyl sites for hydroxylation is 1. The van der Waals surface area contributed by atoms with Crippen molar-refractivity contribution >= 4 is 5.97 Å². The van der Waals surface area contributed by atoms with Gasteiger partial charge in [0.05, 0.1) is 18.3 Å². The molecule has 0 N–H and O–H groups in total. The lowest BCUT2D eigenvalue weighted by molar-refractivity contribution is 0.0734. The summed E-state index contributed by atoms with van der Waals surface area (Å²) in [7, 11) is 0. The average molecular weight is 547 g/mol. The van der Waals surface area contributed by atoms with E-state index in [9.17, 15) is 9.18 Å². The van der Waals surface area contributed by atoms with Crippen molar-refractivity contribution in [3.8, 4) is 22.6 Å². The summed E-state index contributed by atoms with van der Waals surface area (Å²) in [6, 6.07) is 20.1. The van der Waals surface area contributed by atoms with Gasteiger partial charge in [0.25, 0.3) is 0 Å².